The number of likely N-dealkylation sites (N-methyl/N-ethyl adjacent to an activating group) is 1. The van der Waals surface area contributed by atoms with Gasteiger partial charge in [0.05, 0.1) is 32.9 Å². The highest BCUT2D eigenvalue weighted by Gasteiger charge is 2.31. The van der Waals surface area contributed by atoms with E-state index in [1.165, 1.54) is 0 Å². The minimum atomic E-state index is -0.159. The summed E-state index contributed by atoms with van der Waals surface area (Å²) in [4.78, 5) is 13.2. The summed E-state index contributed by atoms with van der Waals surface area (Å²) in [7, 11) is 6.49. The molecule has 1 unspecified atom stereocenters. The third-order valence-electron chi connectivity index (χ3n) is 3.20. The molecule has 1 aliphatic rings. The van der Waals surface area contributed by atoms with Crippen LogP contribution in [0.25, 0.3) is 0 Å². The molecule has 0 aromatic heterocycles. The zero-order valence-electron chi connectivity index (χ0n) is 11.5. The van der Waals surface area contributed by atoms with Gasteiger partial charge in [0.25, 0.3) is 0 Å². The van der Waals surface area contributed by atoms with Crippen molar-refractivity contribution in [2.45, 2.75) is 6.04 Å². The van der Waals surface area contributed by atoms with Gasteiger partial charge in [0.2, 0.25) is 0 Å². The molecule has 1 heterocycles. The van der Waals surface area contributed by atoms with Gasteiger partial charge in [0.15, 0.2) is 0 Å². The summed E-state index contributed by atoms with van der Waals surface area (Å²) in [6.45, 7) is 0.567. The van der Waals surface area contributed by atoms with Gasteiger partial charge in [-0.25, -0.2) is 4.79 Å². The first-order chi connectivity index (χ1) is 9.10. The molecular formula is C13H18N2O4. The van der Waals surface area contributed by atoms with Gasteiger partial charge in [-0.15, -0.1) is 0 Å². The van der Waals surface area contributed by atoms with Crippen molar-refractivity contribution in [1.82, 2.24) is 10.2 Å². The Morgan fingerprint density at radius 1 is 1.16 bits per heavy atom. The smallest absolute Gasteiger partial charge is 0.317 e. The molecule has 1 atom stereocenters. The number of hydrogen-bond donors (Lipinski definition) is 1. The molecule has 1 fully saturated rings. The maximum absolute atomic E-state index is 11.6. The van der Waals surface area contributed by atoms with Crippen LogP contribution in [0.15, 0.2) is 12.1 Å². The number of urea groups is 1. The second kappa shape index (κ2) is 5.26. The lowest BCUT2D eigenvalue weighted by Crippen LogP contribution is -2.24. The second-order valence-electron chi connectivity index (χ2n) is 4.33. The lowest BCUT2D eigenvalue weighted by molar-refractivity contribution is 0.226. The molecule has 2 rings (SSSR count). The van der Waals surface area contributed by atoms with E-state index in [-0.39, 0.29) is 12.1 Å². The van der Waals surface area contributed by atoms with E-state index in [4.69, 9.17) is 14.2 Å². The lowest BCUT2D eigenvalue weighted by Gasteiger charge is -2.19. The predicted molar refractivity (Wildman–Crippen MR) is 70.0 cm³/mol. The molecule has 6 nitrogen and oxygen atoms in total. The van der Waals surface area contributed by atoms with Crippen LogP contribution in [0, 0.1) is 0 Å². The van der Waals surface area contributed by atoms with E-state index >= 15 is 0 Å². The average molecular weight is 266 g/mol. The van der Waals surface area contributed by atoms with E-state index in [0.29, 0.717) is 23.8 Å². The molecule has 1 aliphatic heterocycles. The number of rotatable bonds is 4. The molecule has 2 amide bonds. The van der Waals surface area contributed by atoms with E-state index in [9.17, 15) is 4.79 Å². The van der Waals surface area contributed by atoms with E-state index < -0.39 is 0 Å². The Labute approximate surface area is 112 Å². The maximum atomic E-state index is 11.6. The summed E-state index contributed by atoms with van der Waals surface area (Å²) in [5.41, 5.74) is 0.823. The summed E-state index contributed by atoms with van der Waals surface area (Å²) in [5.74, 6) is 1.92. The van der Waals surface area contributed by atoms with Crippen molar-refractivity contribution in [3.8, 4) is 17.2 Å². The number of hydrogen-bond acceptors (Lipinski definition) is 4. The maximum Gasteiger partial charge on any atom is 0.317 e. The van der Waals surface area contributed by atoms with Gasteiger partial charge in [-0.3, -0.25) is 0 Å². The Kier molecular flexibility index (Phi) is 3.69. The van der Waals surface area contributed by atoms with Crippen molar-refractivity contribution in [3.05, 3.63) is 17.7 Å². The summed E-state index contributed by atoms with van der Waals surface area (Å²) in [6.07, 6.45) is 0. The van der Waals surface area contributed by atoms with Gasteiger partial charge in [0.1, 0.15) is 17.2 Å². The highest BCUT2D eigenvalue weighted by atomic mass is 16.5. The number of nitrogens with zero attached hydrogens (tertiary/aromatic N) is 1. The molecular weight excluding hydrogens is 248 g/mol. The van der Waals surface area contributed by atoms with Crippen LogP contribution >= 0.6 is 0 Å². The molecule has 0 saturated carbocycles. The molecule has 0 radical (unpaired) electrons. The van der Waals surface area contributed by atoms with Gasteiger partial charge in [-0.2, -0.15) is 0 Å². The normalized spacial score (nSPS) is 18.2. The van der Waals surface area contributed by atoms with Crippen LogP contribution in [0.3, 0.4) is 0 Å². The van der Waals surface area contributed by atoms with Gasteiger partial charge < -0.3 is 24.4 Å². The van der Waals surface area contributed by atoms with E-state index in [0.717, 1.165) is 5.56 Å². The Morgan fingerprint density at radius 2 is 1.74 bits per heavy atom. The number of amides is 2. The second-order valence-corrected chi connectivity index (χ2v) is 4.33. The minimum absolute atomic E-state index is 0.107. The number of carbonyl (C=O) groups excluding carboxylic acids is 1. The van der Waals surface area contributed by atoms with Crippen LogP contribution in [0.4, 0.5) is 4.79 Å². The molecule has 0 spiro atoms. The number of ether oxygens (including phenoxy) is 3. The third kappa shape index (κ3) is 2.38. The molecule has 6 heteroatoms. The standard InChI is InChI=1S/C13H18N2O4/c1-15-7-9(14-13(15)16)12-10(18-3)5-8(17-2)6-11(12)19-4/h5-6,9H,7H2,1-4H3,(H,14,16). The summed E-state index contributed by atoms with van der Waals surface area (Å²) < 4.78 is 16.0. The zero-order chi connectivity index (χ0) is 14.0. The van der Waals surface area contributed by atoms with Crippen molar-refractivity contribution >= 4 is 6.03 Å². The number of benzene rings is 1. The van der Waals surface area contributed by atoms with Crippen LogP contribution in [0.1, 0.15) is 11.6 Å². The van der Waals surface area contributed by atoms with E-state index in [1.807, 2.05) is 0 Å². The first-order valence-electron chi connectivity index (χ1n) is 5.92. The lowest BCUT2D eigenvalue weighted by atomic mass is 10.0. The van der Waals surface area contributed by atoms with Crippen LogP contribution in [0.2, 0.25) is 0 Å². The molecule has 19 heavy (non-hydrogen) atoms. The van der Waals surface area contributed by atoms with Crippen molar-refractivity contribution < 1.29 is 19.0 Å². The van der Waals surface area contributed by atoms with Crippen molar-refractivity contribution in [3.63, 3.8) is 0 Å². The fourth-order valence-corrected chi connectivity index (χ4v) is 2.20. The SMILES string of the molecule is COc1cc(OC)c(C2CN(C)C(=O)N2)c(OC)c1. The predicted octanol–water partition coefficient (Wildman–Crippen LogP) is 1.41. The number of methoxy groups -OCH3 is 3. The Bertz CT molecular complexity index is 465. The fourth-order valence-electron chi connectivity index (χ4n) is 2.20. The molecule has 0 aliphatic carbocycles. The Hall–Kier alpha value is -2.11. The Balaban J connectivity index is 2.46. The zero-order valence-corrected chi connectivity index (χ0v) is 11.5. The molecule has 1 aromatic rings. The van der Waals surface area contributed by atoms with Gasteiger partial charge in [-0.1, -0.05) is 0 Å². The minimum Gasteiger partial charge on any atom is -0.496 e. The molecule has 104 valence electrons. The molecule has 1 saturated heterocycles. The van der Waals surface area contributed by atoms with Gasteiger partial charge >= 0.3 is 6.03 Å². The van der Waals surface area contributed by atoms with Gasteiger partial charge in [-0.05, 0) is 0 Å². The van der Waals surface area contributed by atoms with E-state index in [2.05, 4.69) is 5.32 Å². The fraction of sp³-hybridized carbons (Fsp3) is 0.462. The highest BCUT2D eigenvalue weighted by molar-refractivity contribution is 5.77. The first-order valence-corrected chi connectivity index (χ1v) is 5.92. The number of nitrogens with one attached hydrogen (secondary N) is 1. The molecule has 0 bridgehead atoms. The Morgan fingerprint density at radius 3 is 2.11 bits per heavy atom. The van der Waals surface area contributed by atoms with Gasteiger partial charge in [0, 0.05) is 25.7 Å². The quantitative estimate of drug-likeness (QED) is 0.895. The van der Waals surface area contributed by atoms with Crippen LogP contribution in [-0.4, -0.2) is 45.9 Å². The van der Waals surface area contributed by atoms with E-state index in [1.54, 1.807) is 45.4 Å². The topological polar surface area (TPSA) is 60.0 Å². The summed E-state index contributed by atoms with van der Waals surface area (Å²) in [6, 6.07) is 3.29. The average Bonchev–Trinajstić information content (AvgIpc) is 2.76. The summed E-state index contributed by atoms with van der Waals surface area (Å²) in [5, 5.41) is 2.89. The number of carbonyl (C=O) groups is 1. The van der Waals surface area contributed by atoms with Crippen LogP contribution in [-0.2, 0) is 0 Å². The first kappa shape index (κ1) is 13.3. The molecule has 1 aromatic carbocycles. The van der Waals surface area contributed by atoms with Crippen molar-refractivity contribution in [2.24, 2.45) is 0 Å². The van der Waals surface area contributed by atoms with Crippen LogP contribution in [0.5, 0.6) is 17.2 Å². The summed E-state index contributed by atoms with van der Waals surface area (Å²) >= 11 is 0. The van der Waals surface area contributed by atoms with Crippen molar-refractivity contribution in [2.75, 3.05) is 34.9 Å². The monoisotopic (exact) mass is 266 g/mol. The van der Waals surface area contributed by atoms with Crippen LogP contribution < -0.4 is 19.5 Å². The van der Waals surface area contributed by atoms with Crippen molar-refractivity contribution in [1.29, 1.82) is 0 Å². The highest BCUT2D eigenvalue weighted by Crippen LogP contribution is 2.39. The molecule has 1 N–H and O–H groups in total. The third-order valence-corrected chi connectivity index (χ3v) is 3.20. The largest absolute Gasteiger partial charge is 0.496 e.